The Hall–Kier alpha value is -3.07. The first-order valence-electron chi connectivity index (χ1n) is 10.8. The monoisotopic (exact) mass is 397 g/mol. The number of hydrogen-bond acceptors (Lipinski definition) is 2. The van der Waals surface area contributed by atoms with Gasteiger partial charge in [-0.2, -0.15) is 0 Å². The maximum atomic E-state index is 5.14. The third-order valence-corrected chi connectivity index (χ3v) is 5.89. The summed E-state index contributed by atoms with van der Waals surface area (Å²) >= 11 is 0. The van der Waals surface area contributed by atoms with Crippen LogP contribution in [-0.4, -0.2) is 9.55 Å². The predicted octanol–water partition coefficient (Wildman–Crippen LogP) is 7.40. The van der Waals surface area contributed by atoms with Gasteiger partial charge in [-0.15, -0.1) is 0 Å². The summed E-state index contributed by atoms with van der Waals surface area (Å²) in [6, 6.07) is 17.5. The van der Waals surface area contributed by atoms with Crippen LogP contribution in [0.5, 0.6) is 0 Å². The molecule has 0 bridgehead atoms. The molecule has 0 aliphatic carbocycles. The first-order chi connectivity index (χ1) is 14.4. The van der Waals surface area contributed by atoms with Gasteiger partial charge < -0.3 is 9.88 Å². The lowest BCUT2D eigenvalue weighted by molar-refractivity contribution is 0.705. The van der Waals surface area contributed by atoms with Crippen LogP contribution in [0, 0.1) is 34.6 Å². The minimum absolute atomic E-state index is 0.916. The number of benzene rings is 3. The zero-order valence-electron chi connectivity index (χ0n) is 18.9. The second-order valence-electron chi connectivity index (χ2n) is 8.43. The maximum Gasteiger partial charge on any atom is 0.208 e. The van der Waals surface area contributed by atoms with E-state index in [0.29, 0.717) is 0 Å². The topological polar surface area (TPSA) is 29.9 Å². The zero-order chi connectivity index (χ0) is 21.4. The molecule has 30 heavy (non-hydrogen) atoms. The van der Waals surface area contributed by atoms with Gasteiger partial charge in [0.05, 0.1) is 11.0 Å². The number of para-hydroxylation sites is 2. The van der Waals surface area contributed by atoms with E-state index in [0.717, 1.165) is 30.1 Å². The van der Waals surface area contributed by atoms with E-state index in [-0.39, 0.29) is 0 Å². The van der Waals surface area contributed by atoms with Gasteiger partial charge in [-0.1, -0.05) is 55.0 Å². The van der Waals surface area contributed by atoms with Crippen molar-refractivity contribution in [2.75, 3.05) is 5.32 Å². The van der Waals surface area contributed by atoms with Crippen LogP contribution in [-0.2, 0) is 6.54 Å². The van der Waals surface area contributed by atoms with Gasteiger partial charge in [0, 0.05) is 17.8 Å². The molecule has 154 valence electrons. The van der Waals surface area contributed by atoms with Gasteiger partial charge >= 0.3 is 0 Å². The minimum Gasteiger partial charge on any atom is -0.325 e. The highest BCUT2D eigenvalue weighted by Crippen LogP contribution is 2.36. The molecule has 0 spiro atoms. The first kappa shape index (κ1) is 20.2. The summed E-state index contributed by atoms with van der Waals surface area (Å²) in [6.45, 7) is 14.0. The number of rotatable bonds is 5. The maximum absolute atomic E-state index is 5.14. The van der Waals surface area contributed by atoms with Crippen LogP contribution < -0.4 is 5.32 Å². The Morgan fingerprint density at radius 1 is 0.833 bits per heavy atom. The van der Waals surface area contributed by atoms with Gasteiger partial charge in [0.15, 0.2) is 0 Å². The second kappa shape index (κ2) is 7.98. The van der Waals surface area contributed by atoms with E-state index in [1.54, 1.807) is 0 Å². The standard InChI is InChI=1S/C27H31N3/c1-7-14-30-23-13-9-12-22(24-20(5)15-17(2)16-21(24)6)26(23)29-27(30)28-25-18(3)10-8-11-19(25)4/h8-13,15-16H,7,14H2,1-6H3,(H,28,29). The third kappa shape index (κ3) is 3.49. The van der Waals surface area contributed by atoms with Crippen LogP contribution in [0.2, 0.25) is 0 Å². The predicted molar refractivity (Wildman–Crippen MR) is 129 cm³/mol. The van der Waals surface area contributed by atoms with E-state index in [4.69, 9.17) is 4.98 Å². The summed E-state index contributed by atoms with van der Waals surface area (Å²) in [5, 5.41) is 3.65. The molecule has 0 fully saturated rings. The van der Waals surface area contributed by atoms with Gasteiger partial charge in [-0.3, -0.25) is 0 Å². The Morgan fingerprint density at radius 3 is 2.10 bits per heavy atom. The lowest BCUT2D eigenvalue weighted by atomic mass is 9.93. The number of nitrogens with one attached hydrogen (secondary N) is 1. The summed E-state index contributed by atoms with van der Waals surface area (Å²) in [6.07, 6.45) is 1.06. The van der Waals surface area contributed by atoms with Crippen molar-refractivity contribution < 1.29 is 0 Å². The smallest absolute Gasteiger partial charge is 0.208 e. The Kier molecular flexibility index (Phi) is 5.38. The molecule has 0 saturated carbocycles. The van der Waals surface area contributed by atoms with Crippen molar-refractivity contribution in [3.8, 4) is 11.1 Å². The lowest BCUT2D eigenvalue weighted by Gasteiger charge is -2.14. The molecule has 0 amide bonds. The molecule has 1 aromatic heterocycles. The molecule has 1 heterocycles. The highest BCUT2D eigenvalue weighted by Gasteiger charge is 2.17. The van der Waals surface area contributed by atoms with Crippen molar-refractivity contribution in [2.24, 2.45) is 0 Å². The number of imidazole rings is 1. The summed E-state index contributed by atoms with van der Waals surface area (Å²) < 4.78 is 2.32. The summed E-state index contributed by atoms with van der Waals surface area (Å²) in [4.78, 5) is 5.14. The molecule has 0 atom stereocenters. The number of hydrogen-bond donors (Lipinski definition) is 1. The zero-order valence-corrected chi connectivity index (χ0v) is 18.9. The molecule has 3 aromatic carbocycles. The SMILES string of the molecule is CCCn1c(Nc2c(C)cccc2C)nc2c(-c3c(C)cc(C)cc3C)cccc21. The van der Waals surface area contributed by atoms with Gasteiger partial charge in [0.25, 0.3) is 0 Å². The van der Waals surface area contributed by atoms with Gasteiger partial charge in [0.1, 0.15) is 0 Å². The van der Waals surface area contributed by atoms with Crippen LogP contribution in [0.3, 0.4) is 0 Å². The molecule has 3 heteroatoms. The molecule has 0 radical (unpaired) electrons. The molecule has 0 saturated heterocycles. The van der Waals surface area contributed by atoms with Crippen molar-refractivity contribution >= 4 is 22.7 Å². The van der Waals surface area contributed by atoms with Crippen molar-refractivity contribution in [2.45, 2.75) is 54.5 Å². The minimum atomic E-state index is 0.916. The highest BCUT2D eigenvalue weighted by molar-refractivity contribution is 5.95. The van der Waals surface area contributed by atoms with Crippen LogP contribution in [0.15, 0.2) is 48.5 Å². The van der Waals surface area contributed by atoms with Crippen LogP contribution >= 0.6 is 0 Å². The van der Waals surface area contributed by atoms with Gasteiger partial charge in [-0.25, -0.2) is 4.98 Å². The summed E-state index contributed by atoms with van der Waals surface area (Å²) in [7, 11) is 0. The van der Waals surface area contributed by atoms with E-state index in [1.807, 2.05) is 0 Å². The first-order valence-corrected chi connectivity index (χ1v) is 10.8. The average molecular weight is 398 g/mol. The largest absolute Gasteiger partial charge is 0.325 e. The van der Waals surface area contributed by atoms with Crippen molar-refractivity contribution in [1.82, 2.24) is 9.55 Å². The third-order valence-electron chi connectivity index (χ3n) is 5.89. The normalized spacial score (nSPS) is 11.3. The molecule has 4 rings (SSSR count). The van der Waals surface area contributed by atoms with E-state index in [1.165, 1.54) is 44.5 Å². The number of aromatic nitrogens is 2. The number of aryl methyl sites for hydroxylation is 6. The van der Waals surface area contributed by atoms with Gasteiger partial charge in [0.2, 0.25) is 5.95 Å². The molecule has 0 aliphatic rings. The van der Waals surface area contributed by atoms with E-state index in [2.05, 4.69) is 100.0 Å². The number of fused-ring (bicyclic) bond motifs is 1. The van der Waals surface area contributed by atoms with E-state index >= 15 is 0 Å². The van der Waals surface area contributed by atoms with Crippen LogP contribution in [0.1, 0.15) is 41.2 Å². The lowest BCUT2D eigenvalue weighted by Crippen LogP contribution is -2.05. The number of nitrogens with zero attached hydrogens (tertiary/aromatic N) is 2. The number of anilines is 2. The molecule has 4 aromatic rings. The quantitative estimate of drug-likeness (QED) is 0.380. The van der Waals surface area contributed by atoms with E-state index < -0.39 is 0 Å². The summed E-state index contributed by atoms with van der Waals surface area (Å²) in [5.74, 6) is 0.916. The Balaban J connectivity index is 1.94. The summed E-state index contributed by atoms with van der Waals surface area (Å²) in [5.41, 5.74) is 12.3. The molecule has 3 nitrogen and oxygen atoms in total. The van der Waals surface area contributed by atoms with Crippen molar-refractivity contribution in [1.29, 1.82) is 0 Å². The molecule has 0 unspecified atom stereocenters. The van der Waals surface area contributed by atoms with Crippen molar-refractivity contribution in [3.63, 3.8) is 0 Å². The van der Waals surface area contributed by atoms with Crippen LogP contribution in [0.25, 0.3) is 22.2 Å². The molecule has 0 aliphatic heterocycles. The van der Waals surface area contributed by atoms with E-state index in [9.17, 15) is 0 Å². The molecular weight excluding hydrogens is 366 g/mol. The van der Waals surface area contributed by atoms with Crippen LogP contribution in [0.4, 0.5) is 11.6 Å². The molecular formula is C27H31N3. The fraction of sp³-hybridized carbons (Fsp3) is 0.296. The molecule has 1 N–H and O–H groups in total. The second-order valence-corrected chi connectivity index (χ2v) is 8.43. The fourth-order valence-corrected chi connectivity index (χ4v) is 4.62. The highest BCUT2D eigenvalue weighted by atomic mass is 15.2. The Bertz CT molecular complexity index is 1190. The fourth-order valence-electron chi connectivity index (χ4n) is 4.62. The van der Waals surface area contributed by atoms with Gasteiger partial charge in [-0.05, 0) is 74.9 Å². The average Bonchev–Trinajstić information content (AvgIpc) is 3.03. The Morgan fingerprint density at radius 2 is 1.47 bits per heavy atom. The Labute approximate surface area is 179 Å². The van der Waals surface area contributed by atoms with Crippen molar-refractivity contribution in [3.05, 3.63) is 76.3 Å².